The SMILES string of the molecule is COc1cc2c(cc1OC)C(COc1cccc(C(F)(F)F)c1)N(C(=O)c1ccccc1C)CC2. The van der Waals surface area contributed by atoms with Crippen LogP contribution in [0.1, 0.15) is 38.7 Å². The summed E-state index contributed by atoms with van der Waals surface area (Å²) in [5, 5.41) is 0. The first-order chi connectivity index (χ1) is 16.7. The Kier molecular flexibility index (Phi) is 6.91. The molecule has 3 aromatic rings. The Labute approximate surface area is 202 Å². The summed E-state index contributed by atoms with van der Waals surface area (Å²) >= 11 is 0. The average molecular weight is 486 g/mol. The molecular weight excluding hydrogens is 459 g/mol. The molecule has 0 N–H and O–H groups in total. The van der Waals surface area contributed by atoms with Crippen molar-refractivity contribution < 1.29 is 32.2 Å². The molecule has 0 aliphatic carbocycles. The van der Waals surface area contributed by atoms with E-state index in [0.717, 1.165) is 28.8 Å². The molecule has 1 amide bonds. The smallest absolute Gasteiger partial charge is 0.416 e. The van der Waals surface area contributed by atoms with Crippen LogP contribution in [0.25, 0.3) is 0 Å². The van der Waals surface area contributed by atoms with E-state index < -0.39 is 17.8 Å². The summed E-state index contributed by atoms with van der Waals surface area (Å²) in [6.45, 7) is 2.26. The minimum absolute atomic E-state index is 0.0264. The van der Waals surface area contributed by atoms with E-state index >= 15 is 0 Å². The number of aryl methyl sites for hydroxylation is 1. The molecule has 1 heterocycles. The van der Waals surface area contributed by atoms with Gasteiger partial charge in [0.05, 0.1) is 25.8 Å². The first-order valence-corrected chi connectivity index (χ1v) is 11.1. The highest BCUT2D eigenvalue weighted by Crippen LogP contribution is 2.39. The fourth-order valence-corrected chi connectivity index (χ4v) is 4.36. The van der Waals surface area contributed by atoms with Crippen LogP contribution in [-0.2, 0) is 12.6 Å². The van der Waals surface area contributed by atoms with Gasteiger partial charge in [0, 0.05) is 12.1 Å². The number of fused-ring (bicyclic) bond motifs is 1. The lowest BCUT2D eigenvalue weighted by Gasteiger charge is -2.38. The van der Waals surface area contributed by atoms with Crippen molar-refractivity contribution in [2.45, 2.75) is 25.6 Å². The van der Waals surface area contributed by atoms with Crippen LogP contribution in [0.3, 0.4) is 0 Å². The monoisotopic (exact) mass is 485 g/mol. The molecule has 0 aromatic heterocycles. The van der Waals surface area contributed by atoms with E-state index in [1.807, 2.05) is 31.2 Å². The van der Waals surface area contributed by atoms with Gasteiger partial charge >= 0.3 is 6.18 Å². The topological polar surface area (TPSA) is 48.0 Å². The van der Waals surface area contributed by atoms with E-state index in [1.165, 1.54) is 19.2 Å². The Morgan fingerprint density at radius 3 is 2.40 bits per heavy atom. The zero-order valence-electron chi connectivity index (χ0n) is 19.7. The van der Waals surface area contributed by atoms with Gasteiger partial charge in [-0.1, -0.05) is 24.3 Å². The predicted octanol–water partition coefficient (Wildman–Crippen LogP) is 5.85. The average Bonchev–Trinajstić information content (AvgIpc) is 2.85. The Balaban J connectivity index is 1.71. The van der Waals surface area contributed by atoms with E-state index in [0.29, 0.717) is 30.0 Å². The number of alkyl halides is 3. The van der Waals surface area contributed by atoms with Crippen LogP contribution >= 0.6 is 0 Å². The lowest BCUT2D eigenvalue weighted by Crippen LogP contribution is -2.42. The molecule has 1 aliphatic heterocycles. The number of nitrogens with zero attached hydrogens (tertiary/aromatic N) is 1. The van der Waals surface area contributed by atoms with E-state index in [2.05, 4.69) is 0 Å². The number of benzene rings is 3. The molecule has 0 bridgehead atoms. The van der Waals surface area contributed by atoms with Crippen LogP contribution in [0.15, 0.2) is 60.7 Å². The quantitative estimate of drug-likeness (QED) is 0.440. The maximum Gasteiger partial charge on any atom is 0.416 e. The number of amides is 1. The van der Waals surface area contributed by atoms with Crippen LogP contribution in [0.2, 0.25) is 0 Å². The number of carbonyl (C=O) groups excluding carboxylic acids is 1. The summed E-state index contributed by atoms with van der Waals surface area (Å²) in [5.41, 5.74) is 2.39. The normalized spacial score (nSPS) is 15.4. The van der Waals surface area contributed by atoms with Crippen molar-refractivity contribution in [2.75, 3.05) is 27.4 Å². The fourth-order valence-electron chi connectivity index (χ4n) is 4.36. The second-order valence-corrected chi connectivity index (χ2v) is 8.32. The lowest BCUT2D eigenvalue weighted by molar-refractivity contribution is -0.137. The highest BCUT2D eigenvalue weighted by Gasteiger charge is 2.34. The zero-order valence-corrected chi connectivity index (χ0v) is 19.7. The van der Waals surface area contributed by atoms with E-state index in [-0.39, 0.29) is 18.3 Å². The van der Waals surface area contributed by atoms with E-state index in [9.17, 15) is 18.0 Å². The van der Waals surface area contributed by atoms with Crippen molar-refractivity contribution in [2.24, 2.45) is 0 Å². The predicted molar refractivity (Wildman–Crippen MR) is 125 cm³/mol. The van der Waals surface area contributed by atoms with Gasteiger partial charge in [-0.25, -0.2) is 0 Å². The fraction of sp³-hybridized carbons (Fsp3) is 0.296. The summed E-state index contributed by atoms with van der Waals surface area (Å²) in [5.74, 6) is 0.986. The van der Waals surface area contributed by atoms with Gasteiger partial charge < -0.3 is 19.1 Å². The molecule has 184 valence electrons. The van der Waals surface area contributed by atoms with Gasteiger partial charge in [-0.15, -0.1) is 0 Å². The van der Waals surface area contributed by atoms with Crippen LogP contribution in [0.5, 0.6) is 17.2 Å². The molecule has 5 nitrogen and oxygen atoms in total. The number of ether oxygens (including phenoxy) is 3. The third-order valence-electron chi connectivity index (χ3n) is 6.21. The Bertz CT molecular complexity index is 1230. The van der Waals surface area contributed by atoms with Gasteiger partial charge in [0.25, 0.3) is 5.91 Å². The molecular formula is C27H26F3NO4. The maximum atomic E-state index is 13.6. The highest BCUT2D eigenvalue weighted by atomic mass is 19.4. The molecule has 35 heavy (non-hydrogen) atoms. The minimum Gasteiger partial charge on any atom is -0.493 e. The lowest BCUT2D eigenvalue weighted by atomic mass is 9.91. The number of hydrogen-bond acceptors (Lipinski definition) is 4. The Hall–Kier alpha value is -3.68. The molecule has 0 radical (unpaired) electrons. The van der Waals surface area contributed by atoms with Crippen LogP contribution in [0.4, 0.5) is 13.2 Å². The first kappa shape index (κ1) is 24.4. The van der Waals surface area contributed by atoms with Crippen molar-refractivity contribution >= 4 is 5.91 Å². The molecule has 0 fully saturated rings. The first-order valence-electron chi connectivity index (χ1n) is 11.1. The second kappa shape index (κ2) is 9.90. The van der Waals surface area contributed by atoms with Crippen molar-refractivity contribution in [3.63, 3.8) is 0 Å². The maximum absolute atomic E-state index is 13.6. The molecule has 3 aromatic carbocycles. The third kappa shape index (κ3) is 5.06. The second-order valence-electron chi connectivity index (χ2n) is 8.32. The number of methoxy groups -OCH3 is 2. The van der Waals surface area contributed by atoms with Gasteiger partial charge in [-0.3, -0.25) is 4.79 Å². The van der Waals surface area contributed by atoms with Crippen LogP contribution in [0, 0.1) is 6.92 Å². The third-order valence-corrected chi connectivity index (χ3v) is 6.21. The molecule has 0 spiro atoms. The summed E-state index contributed by atoms with van der Waals surface area (Å²) in [4.78, 5) is 15.3. The van der Waals surface area contributed by atoms with Crippen molar-refractivity contribution in [3.05, 3.63) is 88.5 Å². The summed E-state index contributed by atoms with van der Waals surface area (Å²) in [7, 11) is 3.08. The summed E-state index contributed by atoms with van der Waals surface area (Å²) in [6, 6.07) is 15.2. The van der Waals surface area contributed by atoms with Gasteiger partial charge in [0.1, 0.15) is 12.4 Å². The minimum atomic E-state index is -4.48. The van der Waals surface area contributed by atoms with Crippen molar-refractivity contribution in [1.82, 2.24) is 4.90 Å². The molecule has 1 unspecified atom stereocenters. The standard InChI is InChI=1S/C27H26F3NO4/c1-17-7-4-5-10-21(17)26(32)31-12-11-18-13-24(33-2)25(34-3)15-22(18)23(31)16-35-20-9-6-8-19(14-20)27(28,29)30/h4-10,13-15,23H,11-12,16H2,1-3H3. The van der Waals surface area contributed by atoms with Gasteiger partial charge in [-0.05, 0) is 66.4 Å². The number of halogens is 3. The largest absolute Gasteiger partial charge is 0.493 e. The molecule has 8 heteroatoms. The number of rotatable bonds is 6. The summed E-state index contributed by atoms with van der Waals surface area (Å²) in [6.07, 6.45) is -3.89. The summed E-state index contributed by atoms with van der Waals surface area (Å²) < 4.78 is 56.3. The van der Waals surface area contributed by atoms with Gasteiger partial charge in [-0.2, -0.15) is 13.2 Å². The van der Waals surface area contributed by atoms with Crippen LogP contribution in [-0.4, -0.2) is 38.2 Å². The van der Waals surface area contributed by atoms with Gasteiger partial charge in [0.2, 0.25) is 0 Å². The molecule has 0 saturated heterocycles. The molecule has 1 atom stereocenters. The number of hydrogen-bond donors (Lipinski definition) is 0. The molecule has 0 saturated carbocycles. The van der Waals surface area contributed by atoms with Crippen molar-refractivity contribution in [3.8, 4) is 17.2 Å². The van der Waals surface area contributed by atoms with E-state index in [4.69, 9.17) is 14.2 Å². The zero-order chi connectivity index (χ0) is 25.2. The van der Waals surface area contributed by atoms with Crippen molar-refractivity contribution in [1.29, 1.82) is 0 Å². The van der Waals surface area contributed by atoms with Crippen LogP contribution < -0.4 is 14.2 Å². The van der Waals surface area contributed by atoms with Gasteiger partial charge in [0.15, 0.2) is 11.5 Å². The molecule has 1 aliphatic rings. The number of carbonyl (C=O) groups is 1. The Morgan fingerprint density at radius 1 is 1.00 bits per heavy atom. The van der Waals surface area contributed by atoms with E-state index in [1.54, 1.807) is 24.1 Å². The highest BCUT2D eigenvalue weighted by molar-refractivity contribution is 5.96. The molecule has 4 rings (SSSR count). The Morgan fingerprint density at radius 2 is 1.71 bits per heavy atom.